The van der Waals surface area contributed by atoms with E-state index in [-0.39, 0.29) is 19.3 Å². The summed E-state index contributed by atoms with van der Waals surface area (Å²) in [5.41, 5.74) is 0. The van der Waals surface area contributed by atoms with Crippen LogP contribution in [0, 0.1) is 0 Å². The van der Waals surface area contributed by atoms with E-state index in [0.29, 0.717) is 19.3 Å². The average molecular weight is 1380 g/mol. The molecular weight excluding hydrogens is 1240 g/mol. The number of unbranched alkanes of at least 4 members (excludes halogenated alkanes) is 32. The van der Waals surface area contributed by atoms with Crippen LogP contribution in [0.1, 0.15) is 316 Å². The van der Waals surface area contributed by atoms with Crippen molar-refractivity contribution in [1.82, 2.24) is 0 Å². The fourth-order valence-corrected chi connectivity index (χ4v) is 11.7. The monoisotopic (exact) mass is 1380 g/mol. The first kappa shape index (κ1) is 91.5. The molecule has 0 radical (unpaired) electrons. The predicted octanol–water partition coefficient (Wildman–Crippen LogP) is 21.4. The molecule has 0 bridgehead atoms. The topological polar surface area (TPSA) is 231 Å². The first-order valence-corrected chi connectivity index (χ1v) is 40.5. The Bertz CT molecular complexity index is 2120. The van der Waals surface area contributed by atoms with E-state index < -0.39 is 91.5 Å². The molecule has 0 spiro atoms. The molecule has 5 unspecified atom stereocenters. The molecule has 95 heavy (non-hydrogen) atoms. The molecule has 0 heterocycles. The number of allylic oxidation sites excluding steroid dienone is 16. The molecule has 0 saturated carbocycles. The Hall–Kier alpha value is -3.53. The van der Waals surface area contributed by atoms with Gasteiger partial charge in [-0.2, -0.15) is 0 Å². The van der Waals surface area contributed by atoms with Crippen molar-refractivity contribution in [2.75, 3.05) is 39.6 Å². The van der Waals surface area contributed by atoms with Gasteiger partial charge in [0.25, 0.3) is 0 Å². The highest BCUT2D eigenvalue weighted by molar-refractivity contribution is 7.47. The van der Waals surface area contributed by atoms with Gasteiger partial charge in [0.1, 0.15) is 25.4 Å². The summed E-state index contributed by atoms with van der Waals surface area (Å²) in [5.74, 6) is -1.58. The zero-order valence-corrected chi connectivity index (χ0v) is 61.6. The smallest absolute Gasteiger partial charge is 0.463 e. The maximum Gasteiger partial charge on any atom is 0.472 e. The lowest BCUT2D eigenvalue weighted by atomic mass is 10.0. The third-order valence-corrected chi connectivity index (χ3v) is 17.7. The van der Waals surface area contributed by atoms with Gasteiger partial charge >= 0.3 is 33.6 Å². The third kappa shape index (κ3) is 71.6. The number of carbonyl (C=O) groups is 3. The summed E-state index contributed by atoms with van der Waals surface area (Å²) in [4.78, 5) is 58.5. The maximum absolute atomic E-state index is 12.9. The minimum absolute atomic E-state index is 0.106. The number of ether oxygens (including phenoxy) is 3. The Kier molecular flexibility index (Phi) is 67.7. The van der Waals surface area contributed by atoms with Gasteiger partial charge in [-0.05, 0) is 103 Å². The van der Waals surface area contributed by atoms with Crippen molar-refractivity contribution in [2.45, 2.75) is 334 Å². The number of hydrogen-bond donors (Lipinski definition) is 4. The maximum atomic E-state index is 12.9. The normalized spacial score (nSPS) is 14.6. The summed E-state index contributed by atoms with van der Waals surface area (Å²) in [6.45, 7) is 2.55. The van der Waals surface area contributed by atoms with Crippen LogP contribution in [0.2, 0.25) is 0 Å². The number of carbonyl (C=O) groups excluding carboxylic acids is 3. The van der Waals surface area contributed by atoms with Crippen LogP contribution in [0.25, 0.3) is 0 Å². The fourth-order valence-electron chi connectivity index (χ4n) is 10.1. The largest absolute Gasteiger partial charge is 0.472 e. The van der Waals surface area contributed by atoms with Crippen molar-refractivity contribution < 1.29 is 75.8 Å². The zero-order valence-electron chi connectivity index (χ0n) is 59.8. The predicted molar refractivity (Wildman–Crippen MR) is 390 cm³/mol. The molecule has 0 aliphatic rings. The molecular formula is C77H136O16P2. The Morgan fingerprint density at radius 3 is 0.905 bits per heavy atom. The van der Waals surface area contributed by atoms with Crippen molar-refractivity contribution in [2.24, 2.45) is 0 Å². The van der Waals surface area contributed by atoms with Gasteiger partial charge in [-0.3, -0.25) is 32.5 Å². The van der Waals surface area contributed by atoms with Crippen molar-refractivity contribution in [3.8, 4) is 0 Å². The lowest BCUT2D eigenvalue weighted by Gasteiger charge is -2.21. The fraction of sp³-hybridized carbons (Fsp3) is 0.753. The second-order valence-corrected chi connectivity index (χ2v) is 28.0. The molecule has 16 nitrogen and oxygen atoms in total. The lowest BCUT2D eigenvalue weighted by Crippen LogP contribution is -2.30. The highest BCUT2D eigenvalue weighted by atomic mass is 31.2. The second-order valence-electron chi connectivity index (χ2n) is 25.1. The molecule has 0 aromatic carbocycles. The van der Waals surface area contributed by atoms with Gasteiger partial charge < -0.3 is 34.2 Å². The van der Waals surface area contributed by atoms with Gasteiger partial charge in [-0.25, -0.2) is 9.13 Å². The van der Waals surface area contributed by atoms with Gasteiger partial charge in [0.2, 0.25) is 0 Å². The van der Waals surface area contributed by atoms with Gasteiger partial charge in [0.05, 0.1) is 26.4 Å². The van der Waals surface area contributed by atoms with Crippen molar-refractivity contribution >= 4 is 33.6 Å². The van der Waals surface area contributed by atoms with Crippen LogP contribution in [0.5, 0.6) is 0 Å². The molecule has 0 aromatic heterocycles. The Labute approximate surface area is 578 Å². The van der Waals surface area contributed by atoms with E-state index in [1.54, 1.807) is 0 Å². The molecule has 550 valence electrons. The van der Waals surface area contributed by atoms with E-state index in [4.69, 9.17) is 32.3 Å². The molecule has 0 saturated heterocycles. The number of esters is 3. The SMILES string of the molecule is CC/C=C\C/C=C\C/C=C\C/C=C\C/C=C\C/C=C\CCCCCCCCCCCCC(=O)OCC(O)COP(=O)(O)OCC(O)COP(=O)(O)OCC(COC(=O)CCCCCCC/C=C\C/C=C\CCCCC)OC(=O)CCCCCCCCCCCCCCCCC. The third-order valence-electron chi connectivity index (χ3n) is 15.8. The standard InChI is InChI=1S/C77H136O16P2/c1-4-7-10-13-16-19-22-25-28-29-30-31-32-33-34-35-36-37-38-39-40-41-44-46-48-51-54-57-60-63-75(80)87-66-72(78)67-89-94(83,84)90-68-73(79)69-91-95(85,86)92-71-74(93-77(82)65-62-59-56-53-50-47-43-27-24-21-18-15-12-9-6-3)70-88-76(81)64-61-58-55-52-49-45-42-26-23-20-17-14-11-8-5-2/h7,10,16-17,19-20,25-26,28,30-31,33-34,36-37,42,72-74,78-79H,4-6,8-9,11-15,18,21-24,27,29,32,35,38-41,43-71H2,1-3H3,(H,83,84)(H,85,86)/b10-7-,19-16-,20-17-,28-25-,31-30-,34-33-,37-36-,42-26-. The van der Waals surface area contributed by atoms with Crippen LogP contribution in [0.3, 0.4) is 0 Å². The number of hydrogen-bond acceptors (Lipinski definition) is 14. The van der Waals surface area contributed by atoms with E-state index in [9.17, 15) is 43.5 Å². The average Bonchev–Trinajstić information content (AvgIpc) is 1.83. The second kappa shape index (κ2) is 70.3. The molecule has 5 atom stereocenters. The van der Waals surface area contributed by atoms with Gasteiger partial charge in [0, 0.05) is 19.3 Å². The van der Waals surface area contributed by atoms with Crippen LogP contribution >= 0.6 is 15.6 Å². The van der Waals surface area contributed by atoms with Crippen LogP contribution < -0.4 is 0 Å². The van der Waals surface area contributed by atoms with Crippen LogP contribution in [-0.4, -0.2) is 95.9 Å². The van der Waals surface area contributed by atoms with Crippen molar-refractivity contribution in [3.63, 3.8) is 0 Å². The summed E-state index contributed by atoms with van der Waals surface area (Å²) >= 11 is 0. The van der Waals surface area contributed by atoms with Gasteiger partial charge in [-0.1, -0.05) is 291 Å². The minimum atomic E-state index is -4.92. The van der Waals surface area contributed by atoms with E-state index in [0.717, 1.165) is 141 Å². The number of phosphoric ester groups is 2. The summed E-state index contributed by atoms with van der Waals surface area (Å²) in [5, 5.41) is 20.6. The first-order chi connectivity index (χ1) is 46.2. The highest BCUT2D eigenvalue weighted by Gasteiger charge is 2.29. The van der Waals surface area contributed by atoms with Crippen molar-refractivity contribution in [1.29, 1.82) is 0 Å². The van der Waals surface area contributed by atoms with E-state index in [1.807, 2.05) is 0 Å². The Morgan fingerprint density at radius 1 is 0.305 bits per heavy atom. The molecule has 4 N–H and O–H groups in total. The molecule has 0 amide bonds. The summed E-state index contributed by atoms with van der Waals surface area (Å²) in [7, 11) is -9.78. The zero-order chi connectivity index (χ0) is 69.5. The Morgan fingerprint density at radius 2 is 0.558 bits per heavy atom. The van der Waals surface area contributed by atoms with Crippen LogP contribution in [0.15, 0.2) is 97.2 Å². The minimum Gasteiger partial charge on any atom is -0.463 e. The first-order valence-electron chi connectivity index (χ1n) is 37.5. The molecule has 0 aromatic rings. The molecule has 0 aliphatic heterocycles. The van der Waals surface area contributed by atoms with Crippen molar-refractivity contribution in [3.05, 3.63) is 97.2 Å². The van der Waals surface area contributed by atoms with Gasteiger partial charge in [-0.15, -0.1) is 0 Å². The number of aliphatic hydroxyl groups is 2. The number of aliphatic hydroxyl groups excluding tert-OH is 2. The molecule has 0 rings (SSSR count). The quantitative estimate of drug-likeness (QED) is 0.0146. The number of rotatable bonds is 71. The van der Waals surface area contributed by atoms with E-state index in [1.165, 1.54) is 116 Å². The number of phosphoric acid groups is 2. The summed E-state index contributed by atoms with van der Waals surface area (Å²) in [6, 6.07) is 0. The molecule has 0 fully saturated rings. The van der Waals surface area contributed by atoms with Crippen LogP contribution in [0.4, 0.5) is 0 Å². The lowest BCUT2D eigenvalue weighted by molar-refractivity contribution is -0.161. The summed E-state index contributed by atoms with van der Waals surface area (Å²) in [6.07, 6.45) is 78.8. The highest BCUT2D eigenvalue weighted by Crippen LogP contribution is 2.45. The van der Waals surface area contributed by atoms with Crippen LogP contribution in [-0.2, 0) is 55.8 Å². The van der Waals surface area contributed by atoms with Gasteiger partial charge in [0.15, 0.2) is 6.10 Å². The summed E-state index contributed by atoms with van der Waals surface area (Å²) < 4.78 is 61.0. The van der Waals surface area contributed by atoms with E-state index in [2.05, 4.69) is 118 Å². The molecule has 18 heteroatoms. The Balaban J connectivity index is 4.49. The molecule has 0 aliphatic carbocycles. The van der Waals surface area contributed by atoms with E-state index >= 15 is 0 Å².